The van der Waals surface area contributed by atoms with Gasteiger partial charge in [-0.3, -0.25) is 0 Å². The Balaban J connectivity index is 1.97. The summed E-state index contributed by atoms with van der Waals surface area (Å²) in [6.45, 7) is 0. The largest absolute Gasteiger partial charge is 0.328 e. The first-order valence-electron chi connectivity index (χ1n) is 5.73. The van der Waals surface area contributed by atoms with Gasteiger partial charge in [0.15, 0.2) is 0 Å². The average molecular weight is 265 g/mol. The van der Waals surface area contributed by atoms with Gasteiger partial charge < -0.3 is 5.73 Å². The summed E-state index contributed by atoms with van der Waals surface area (Å²) in [6, 6.07) is 8.63. The van der Waals surface area contributed by atoms with E-state index in [0.29, 0.717) is 24.0 Å². The molecule has 3 N–H and O–H groups in total. The molecule has 5 nitrogen and oxygen atoms in total. The molecule has 1 saturated carbocycles. The van der Waals surface area contributed by atoms with E-state index in [1.165, 1.54) is 0 Å². The van der Waals surface area contributed by atoms with Crippen LogP contribution in [-0.2, 0) is 15.8 Å². The number of nitrogens with one attached hydrogen (secondary N) is 1. The topological polar surface area (TPSA) is 96.0 Å². The zero-order chi connectivity index (χ0) is 13.2. The maximum absolute atomic E-state index is 11.8. The molecule has 0 aliphatic heterocycles. The molecule has 0 aromatic heterocycles. The Kier molecular flexibility index (Phi) is 3.66. The number of sulfonamides is 1. The SMILES string of the molecule is N#Cc1ccc(CS(=O)(=O)NC2CC(N)C2)cc1. The Hall–Kier alpha value is -1.42. The number of nitrogens with zero attached hydrogens (tertiary/aromatic N) is 1. The molecular formula is C12H15N3O2S. The summed E-state index contributed by atoms with van der Waals surface area (Å²) in [5, 5.41) is 8.65. The number of nitrogens with two attached hydrogens (primary N) is 1. The molecule has 0 amide bonds. The van der Waals surface area contributed by atoms with Crippen molar-refractivity contribution in [1.29, 1.82) is 5.26 Å². The Labute approximate surface area is 107 Å². The highest BCUT2D eigenvalue weighted by molar-refractivity contribution is 7.88. The molecule has 6 heteroatoms. The normalized spacial score (nSPS) is 23.1. The highest BCUT2D eigenvalue weighted by atomic mass is 32.2. The summed E-state index contributed by atoms with van der Waals surface area (Å²) in [5.74, 6) is -0.0650. The highest BCUT2D eigenvalue weighted by Crippen LogP contribution is 2.19. The lowest BCUT2D eigenvalue weighted by molar-refractivity contribution is 0.327. The van der Waals surface area contributed by atoms with Crippen molar-refractivity contribution < 1.29 is 8.42 Å². The first-order chi connectivity index (χ1) is 8.48. The van der Waals surface area contributed by atoms with Crippen LogP contribution < -0.4 is 10.5 Å². The van der Waals surface area contributed by atoms with Gasteiger partial charge in [-0.05, 0) is 30.5 Å². The van der Waals surface area contributed by atoms with Crippen molar-refractivity contribution in [3.8, 4) is 6.07 Å². The van der Waals surface area contributed by atoms with E-state index in [4.69, 9.17) is 11.0 Å². The van der Waals surface area contributed by atoms with Gasteiger partial charge >= 0.3 is 0 Å². The summed E-state index contributed by atoms with van der Waals surface area (Å²) in [5.41, 5.74) is 6.80. The second-order valence-corrected chi connectivity index (χ2v) is 6.37. The average Bonchev–Trinajstić information content (AvgIpc) is 2.27. The molecule has 1 aromatic rings. The fourth-order valence-corrected chi connectivity index (χ4v) is 3.36. The first-order valence-corrected chi connectivity index (χ1v) is 7.38. The third-order valence-corrected chi connectivity index (χ3v) is 4.37. The Morgan fingerprint density at radius 2 is 1.94 bits per heavy atom. The van der Waals surface area contributed by atoms with Crippen LogP contribution >= 0.6 is 0 Å². The van der Waals surface area contributed by atoms with Crippen LogP contribution in [0.1, 0.15) is 24.0 Å². The van der Waals surface area contributed by atoms with E-state index in [0.717, 1.165) is 0 Å². The zero-order valence-electron chi connectivity index (χ0n) is 9.83. The molecule has 0 unspecified atom stereocenters. The molecule has 0 saturated heterocycles. The molecule has 96 valence electrons. The van der Waals surface area contributed by atoms with Crippen LogP contribution in [0.2, 0.25) is 0 Å². The fraction of sp³-hybridized carbons (Fsp3) is 0.417. The highest BCUT2D eigenvalue weighted by Gasteiger charge is 2.29. The first kappa shape index (κ1) is 13.0. The molecule has 18 heavy (non-hydrogen) atoms. The third kappa shape index (κ3) is 3.29. The quantitative estimate of drug-likeness (QED) is 0.827. The van der Waals surface area contributed by atoms with Gasteiger partial charge in [-0.15, -0.1) is 0 Å². The van der Waals surface area contributed by atoms with Crippen LogP contribution in [0.25, 0.3) is 0 Å². The molecule has 1 aromatic carbocycles. The number of hydrogen-bond acceptors (Lipinski definition) is 4. The smallest absolute Gasteiger partial charge is 0.216 e. The fourth-order valence-electron chi connectivity index (χ4n) is 1.95. The molecule has 1 aliphatic rings. The van der Waals surface area contributed by atoms with Crippen molar-refractivity contribution >= 4 is 10.0 Å². The number of rotatable bonds is 4. The molecule has 0 radical (unpaired) electrons. The molecule has 0 spiro atoms. The molecule has 0 heterocycles. The standard InChI is InChI=1S/C12H15N3O2S/c13-7-9-1-3-10(4-2-9)8-18(16,17)15-12-5-11(14)6-12/h1-4,11-12,15H,5-6,8,14H2. The van der Waals surface area contributed by atoms with E-state index in [1.807, 2.05) is 6.07 Å². The Morgan fingerprint density at radius 3 is 2.44 bits per heavy atom. The number of benzene rings is 1. The minimum Gasteiger partial charge on any atom is -0.328 e. The number of hydrogen-bond donors (Lipinski definition) is 2. The minimum absolute atomic E-state index is 0.0246. The van der Waals surface area contributed by atoms with Crippen molar-refractivity contribution in [2.24, 2.45) is 5.73 Å². The summed E-state index contributed by atoms with van der Waals surface area (Å²) >= 11 is 0. The van der Waals surface area contributed by atoms with Crippen LogP contribution in [0, 0.1) is 11.3 Å². The second-order valence-electron chi connectivity index (χ2n) is 4.61. The summed E-state index contributed by atoms with van der Waals surface area (Å²) < 4.78 is 26.3. The lowest BCUT2D eigenvalue weighted by Crippen LogP contribution is -2.50. The van der Waals surface area contributed by atoms with Crippen molar-refractivity contribution in [2.45, 2.75) is 30.7 Å². The number of nitriles is 1. The lowest BCUT2D eigenvalue weighted by Gasteiger charge is -2.32. The summed E-state index contributed by atoms with van der Waals surface area (Å²) in [4.78, 5) is 0. The molecule has 1 fully saturated rings. The van der Waals surface area contributed by atoms with Gasteiger partial charge in [0.05, 0.1) is 17.4 Å². The second kappa shape index (κ2) is 5.06. The lowest BCUT2D eigenvalue weighted by atomic mass is 9.89. The van der Waals surface area contributed by atoms with Crippen LogP contribution in [0.15, 0.2) is 24.3 Å². The van der Waals surface area contributed by atoms with E-state index in [9.17, 15) is 8.42 Å². The predicted molar refractivity (Wildman–Crippen MR) is 67.9 cm³/mol. The molecule has 1 aliphatic carbocycles. The van der Waals surface area contributed by atoms with Gasteiger partial charge in [0.2, 0.25) is 10.0 Å². The molecule has 0 bridgehead atoms. The van der Waals surface area contributed by atoms with Gasteiger partial charge in [0.25, 0.3) is 0 Å². The minimum atomic E-state index is -3.33. The van der Waals surface area contributed by atoms with Crippen molar-refractivity contribution in [3.63, 3.8) is 0 Å². The molecular weight excluding hydrogens is 250 g/mol. The van der Waals surface area contributed by atoms with Crippen LogP contribution in [-0.4, -0.2) is 20.5 Å². The maximum Gasteiger partial charge on any atom is 0.216 e. The van der Waals surface area contributed by atoms with E-state index in [2.05, 4.69) is 4.72 Å². The van der Waals surface area contributed by atoms with Crippen molar-refractivity contribution in [2.75, 3.05) is 0 Å². The van der Waals surface area contributed by atoms with Gasteiger partial charge in [-0.1, -0.05) is 12.1 Å². The zero-order valence-corrected chi connectivity index (χ0v) is 10.7. The van der Waals surface area contributed by atoms with Gasteiger partial charge in [0, 0.05) is 12.1 Å². The maximum atomic E-state index is 11.8. The Bertz CT molecular complexity index is 554. The van der Waals surface area contributed by atoms with Gasteiger partial charge in [-0.25, -0.2) is 13.1 Å². The van der Waals surface area contributed by atoms with E-state index in [-0.39, 0.29) is 17.8 Å². The molecule has 2 rings (SSSR count). The van der Waals surface area contributed by atoms with Crippen molar-refractivity contribution in [3.05, 3.63) is 35.4 Å². The van der Waals surface area contributed by atoms with E-state index in [1.54, 1.807) is 24.3 Å². The van der Waals surface area contributed by atoms with Crippen LogP contribution in [0.5, 0.6) is 0 Å². The molecule has 0 atom stereocenters. The van der Waals surface area contributed by atoms with E-state index < -0.39 is 10.0 Å². The van der Waals surface area contributed by atoms with Gasteiger partial charge in [-0.2, -0.15) is 5.26 Å². The summed E-state index contributed by atoms with van der Waals surface area (Å²) in [6.07, 6.45) is 1.40. The monoisotopic (exact) mass is 265 g/mol. The predicted octanol–water partition coefficient (Wildman–Crippen LogP) is 0.467. The Morgan fingerprint density at radius 1 is 1.33 bits per heavy atom. The summed E-state index contributed by atoms with van der Waals surface area (Å²) in [7, 11) is -3.33. The van der Waals surface area contributed by atoms with E-state index >= 15 is 0 Å². The van der Waals surface area contributed by atoms with Crippen LogP contribution in [0.3, 0.4) is 0 Å². The third-order valence-electron chi connectivity index (χ3n) is 2.96. The van der Waals surface area contributed by atoms with Crippen molar-refractivity contribution in [1.82, 2.24) is 4.72 Å². The van der Waals surface area contributed by atoms with Crippen LogP contribution in [0.4, 0.5) is 0 Å². The van der Waals surface area contributed by atoms with Gasteiger partial charge in [0.1, 0.15) is 0 Å².